The second-order valence-electron chi connectivity index (χ2n) is 4.31. The van der Waals surface area contributed by atoms with Gasteiger partial charge in [-0.1, -0.05) is 20.8 Å². The standard InChI is InChI=1S/C11H15BrN2OS/c1-11(2,3)16-7-10(15)14-9-5-4-8(12)6-13-9/h4-6H,7H2,1-3H3,(H,13,14,15). The van der Waals surface area contributed by atoms with E-state index in [2.05, 4.69) is 47.0 Å². The minimum atomic E-state index is -0.0188. The van der Waals surface area contributed by atoms with Crippen molar-refractivity contribution in [2.45, 2.75) is 25.5 Å². The van der Waals surface area contributed by atoms with Crippen LogP contribution in [0, 0.1) is 0 Å². The van der Waals surface area contributed by atoms with E-state index in [-0.39, 0.29) is 10.7 Å². The van der Waals surface area contributed by atoms with Gasteiger partial charge < -0.3 is 5.32 Å². The largest absolute Gasteiger partial charge is 0.310 e. The molecule has 1 aromatic rings. The Bertz CT molecular complexity index is 359. The van der Waals surface area contributed by atoms with Crippen LogP contribution in [0.3, 0.4) is 0 Å². The first kappa shape index (κ1) is 13.5. The molecule has 0 fully saturated rings. The summed E-state index contributed by atoms with van der Waals surface area (Å²) in [5.74, 6) is 1.01. The van der Waals surface area contributed by atoms with Gasteiger partial charge in [-0.05, 0) is 28.1 Å². The molecule has 0 atom stereocenters. The lowest BCUT2D eigenvalue weighted by atomic mass is 10.3. The molecule has 88 valence electrons. The summed E-state index contributed by atoms with van der Waals surface area (Å²) in [6, 6.07) is 3.61. The number of hydrogen-bond donors (Lipinski definition) is 1. The number of nitrogens with one attached hydrogen (secondary N) is 1. The number of rotatable bonds is 3. The van der Waals surface area contributed by atoms with Gasteiger partial charge in [-0.15, -0.1) is 11.8 Å². The summed E-state index contributed by atoms with van der Waals surface area (Å²) < 4.78 is 0.999. The molecule has 0 bridgehead atoms. The summed E-state index contributed by atoms with van der Waals surface area (Å²) in [5, 5.41) is 2.75. The molecule has 16 heavy (non-hydrogen) atoms. The van der Waals surface area contributed by atoms with Crippen molar-refractivity contribution in [3.05, 3.63) is 22.8 Å². The third-order valence-corrected chi connectivity index (χ3v) is 3.37. The van der Waals surface area contributed by atoms with Crippen molar-refractivity contribution in [1.82, 2.24) is 4.98 Å². The van der Waals surface area contributed by atoms with Gasteiger partial charge in [-0.3, -0.25) is 4.79 Å². The van der Waals surface area contributed by atoms with E-state index in [1.54, 1.807) is 24.0 Å². The van der Waals surface area contributed by atoms with Crippen molar-refractivity contribution >= 4 is 39.4 Å². The van der Waals surface area contributed by atoms with Crippen LogP contribution in [0.15, 0.2) is 22.8 Å². The van der Waals surface area contributed by atoms with Gasteiger partial charge >= 0.3 is 0 Å². The number of pyridine rings is 1. The quantitative estimate of drug-likeness (QED) is 0.931. The SMILES string of the molecule is CC(C)(C)SCC(=O)Nc1ccc(Br)cn1. The topological polar surface area (TPSA) is 42.0 Å². The minimum Gasteiger partial charge on any atom is -0.310 e. The van der Waals surface area contributed by atoms with Crippen LogP contribution in [0.1, 0.15) is 20.8 Å². The van der Waals surface area contributed by atoms with E-state index in [1.807, 2.05) is 6.07 Å². The number of halogens is 1. The van der Waals surface area contributed by atoms with Gasteiger partial charge in [-0.2, -0.15) is 0 Å². The summed E-state index contributed by atoms with van der Waals surface area (Å²) in [5.41, 5.74) is 0. The molecule has 0 aliphatic rings. The summed E-state index contributed by atoms with van der Waals surface area (Å²) in [7, 11) is 0. The number of aromatic nitrogens is 1. The zero-order valence-corrected chi connectivity index (χ0v) is 12.0. The molecular formula is C11H15BrN2OS. The highest BCUT2D eigenvalue weighted by molar-refractivity contribution is 9.10. The third-order valence-electron chi connectivity index (χ3n) is 1.63. The molecule has 1 N–H and O–H groups in total. The smallest absolute Gasteiger partial charge is 0.235 e. The van der Waals surface area contributed by atoms with Crippen LogP contribution in [0.25, 0.3) is 0 Å². The normalized spacial score (nSPS) is 11.2. The van der Waals surface area contributed by atoms with Gasteiger partial charge in [-0.25, -0.2) is 4.98 Å². The lowest BCUT2D eigenvalue weighted by Crippen LogP contribution is -2.19. The molecule has 1 heterocycles. The summed E-state index contributed by atoms with van der Waals surface area (Å²) in [6.45, 7) is 6.26. The molecule has 0 spiro atoms. The van der Waals surface area contributed by atoms with E-state index in [4.69, 9.17) is 0 Å². The third kappa shape index (κ3) is 5.51. The fourth-order valence-electron chi connectivity index (χ4n) is 0.911. The zero-order valence-electron chi connectivity index (χ0n) is 9.58. The van der Waals surface area contributed by atoms with E-state index in [9.17, 15) is 4.79 Å². The van der Waals surface area contributed by atoms with Crippen LogP contribution < -0.4 is 5.32 Å². The van der Waals surface area contributed by atoms with Crippen molar-refractivity contribution in [2.24, 2.45) is 0 Å². The number of anilines is 1. The molecular weight excluding hydrogens is 288 g/mol. The van der Waals surface area contributed by atoms with Crippen molar-refractivity contribution in [3.63, 3.8) is 0 Å². The maximum Gasteiger partial charge on any atom is 0.235 e. The van der Waals surface area contributed by atoms with E-state index in [1.165, 1.54) is 0 Å². The second kappa shape index (κ2) is 5.68. The number of thioether (sulfide) groups is 1. The molecule has 0 aliphatic carbocycles. The van der Waals surface area contributed by atoms with Crippen molar-refractivity contribution < 1.29 is 4.79 Å². The molecule has 1 rings (SSSR count). The Labute approximate surface area is 109 Å². The Morgan fingerprint density at radius 1 is 1.50 bits per heavy atom. The zero-order chi connectivity index (χ0) is 12.2. The lowest BCUT2D eigenvalue weighted by Gasteiger charge is -2.16. The van der Waals surface area contributed by atoms with Gasteiger partial charge in [0.2, 0.25) is 5.91 Å². The van der Waals surface area contributed by atoms with Gasteiger partial charge in [0.05, 0.1) is 5.75 Å². The van der Waals surface area contributed by atoms with Gasteiger partial charge in [0.1, 0.15) is 5.82 Å². The highest BCUT2D eigenvalue weighted by Crippen LogP contribution is 2.22. The molecule has 0 saturated carbocycles. The summed E-state index contributed by atoms with van der Waals surface area (Å²) >= 11 is 4.90. The lowest BCUT2D eigenvalue weighted by molar-refractivity contribution is -0.113. The number of nitrogens with zero attached hydrogens (tertiary/aromatic N) is 1. The molecule has 0 saturated heterocycles. The second-order valence-corrected chi connectivity index (χ2v) is 7.03. The Balaban J connectivity index is 2.43. The maximum atomic E-state index is 11.6. The number of carbonyl (C=O) groups excluding carboxylic acids is 1. The fraction of sp³-hybridized carbons (Fsp3) is 0.455. The molecule has 0 aliphatic heterocycles. The van der Waals surface area contributed by atoms with Crippen LogP contribution in [0.2, 0.25) is 0 Å². The van der Waals surface area contributed by atoms with Crippen LogP contribution in [-0.4, -0.2) is 21.4 Å². The summed E-state index contributed by atoms with van der Waals surface area (Å²) in [4.78, 5) is 15.6. The highest BCUT2D eigenvalue weighted by atomic mass is 79.9. The van der Waals surface area contributed by atoms with Gasteiger partial charge in [0, 0.05) is 15.4 Å². The Hall–Kier alpha value is -0.550. The number of hydrogen-bond acceptors (Lipinski definition) is 3. The predicted octanol–water partition coefficient (Wildman–Crippen LogP) is 3.31. The molecule has 5 heteroatoms. The van der Waals surface area contributed by atoms with Crippen LogP contribution >= 0.6 is 27.7 Å². The average Bonchev–Trinajstić information content (AvgIpc) is 2.18. The maximum absolute atomic E-state index is 11.6. The minimum absolute atomic E-state index is 0.0188. The van der Waals surface area contributed by atoms with Crippen LogP contribution in [0.5, 0.6) is 0 Å². The van der Waals surface area contributed by atoms with E-state index < -0.39 is 0 Å². The van der Waals surface area contributed by atoms with Crippen LogP contribution in [-0.2, 0) is 4.79 Å². The van der Waals surface area contributed by atoms with Gasteiger partial charge in [0.25, 0.3) is 0 Å². The Kier molecular flexibility index (Phi) is 4.80. The number of amides is 1. The first-order valence-corrected chi connectivity index (χ1v) is 6.70. The van der Waals surface area contributed by atoms with E-state index in [0.717, 1.165) is 4.47 Å². The van der Waals surface area contributed by atoms with Gasteiger partial charge in [0.15, 0.2) is 0 Å². The Morgan fingerprint density at radius 3 is 2.69 bits per heavy atom. The van der Waals surface area contributed by atoms with E-state index in [0.29, 0.717) is 11.6 Å². The Morgan fingerprint density at radius 2 is 2.19 bits per heavy atom. The molecule has 0 unspecified atom stereocenters. The van der Waals surface area contributed by atoms with Crippen LogP contribution in [0.4, 0.5) is 5.82 Å². The average molecular weight is 303 g/mol. The first-order chi connectivity index (χ1) is 7.37. The highest BCUT2D eigenvalue weighted by Gasteiger charge is 2.13. The molecule has 1 aromatic heterocycles. The molecule has 0 aromatic carbocycles. The van der Waals surface area contributed by atoms with Crippen molar-refractivity contribution in [1.29, 1.82) is 0 Å². The fourth-order valence-corrected chi connectivity index (χ4v) is 1.78. The molecule has 1 amide bonds. The van der Waals surface area contributed by atoms with Crippen molar-refractivity contribution in [2.75, 3.05) is 11.1 Å². The number of carbonyl (C=O) groups is 1. The van der Waals surface area contributed by atoms with E-state index >= 15 is 0 Å². The summed E-state index contributed by atoms with van der Waals surface area (Å²) in [6.07, 6.45) is 1.66. The molecule has 3 nitrogen and oxygen atoms in total. The monoisotopic (exact) mass is 302 g/mol. The molecule has 0 radical (unpaired) electrons. The predicted molar refractivity (Wildman–Crippen MR) is 72.8 cm³/mol. The first-order valence-electron chi connectivity index (χ1n) is 4.92. The van der Waals surface area contributed by atoms with Crippen molar-refractivity contribution in [3.8, 4) is 0 Å².